The molecular formula is C14H30N2OS. The molecule has 18 heavy (non-hydrogen) atoms. The van der Waals surface area contributed by atoms with Gasteiger partial charge in [0.25, 0.3) is 0 Å². The molecule has 0 unspecified atom stereocenters. The number of nitrogens with one attached hydrogen (secondary N) is 1. The Kier molecular flexibility index (Phi) is 11.7. The van der Waals surface area contributed by atoms with E-state index in [4.69, 9.17) is 5.73 Å². The molecule has 0 saturated heterocycles. The number of hydrogen-bond acceptors (Lipinski definition) is 3. The predicted molar refractivity (Wildman–Crippen MR) is 81.9 cm³/mol. The minimum absolute atomic E-state index is 0.163. The first-order chi connectivity index (χ1) is 8.60. The fourth-order valence-electron chi connectivity index (χ4n) is 2.04. The summed E-state index contributed by atoms with van der Waals surface area (Å²) in [4.78, 5) is 11.7. The van der Waals surface area contributed by atoms with Crippen LogP contribution >= 0.6 is 11.8 Å². The van der Waals surface area contributed by atoms with Gasteiger partial charge in [-0.05, 0) is 49.7 Å². The van der Waals surface area contributed by atoms with Gasteiger partial charge < -0.3 is 11.1 Å². The lowest BCUT2D eigenvalue weighted by molar-refractivity contribution is -0.122. The average Bonchev–Trinajstić information content (AvgIpc) is 2.32. The van der Waals surface area contributed by atoms with E-state index in [0.717, 1.165) is 19.4 Å². The van der Waals surface area contributed by atoms with Crippen LogP contribution in [-0.4, -0.2) is 31.0 Å². The Balaban J connectivity index is 3.56. The Hall–Kier alpha value is -0.220. The lowest BCUT2D eigenvalue weighted by Crippen LogP contribution is -2.29. The van der Waals surface area contributed by atoms with Crippen LogP contribution in [0.25, 0.3) is 0 Å². The first-order valence-electron chi connectivity index (χ1n) is 7.05. The Morgan fingerprint density at radius 1 is 1.28 bits per heavy atom. The van der Waals surface area contributed by atoms with Gasteiger partial charge >= 0.3 is 0 Å². The Bertz CT molecular complexity index is 210. The molecular weight excluding hydrogens is 244 g/mol. The number of amides is 1. The topological polar surface area (TPSA) is 55.1 Å². The van der Waals surface area contributed by atoms with Crippen molar-refractivity contribution in [2.24, 2.45) is 17.6 Å². The van der Waals surface area contributed by atoms with Crippen LogP contribution in [-0.2, 0) is 4.79 Å². The maximum absolute atomic E-state index is 11.7. The zero-order valence-electron chi connectivity index (χ0n) is 12.2. The highest BCUT2D eigenvalue weighted by molar-refractivity contribution is 7.98. The Labute approximate surface area is 117 Å². The van der Waals surface area contributed by atoms with Gasteiger partial charge in [0.1, 0.15) is 0 Å². The second-order valence-corrected chi connectivity index (χ2v) is 6.32. The first-order valence-corrected chi connectivity index (χ1v) is 8.45. The van der Waals surface area contributed by atoms with Gasteiger partial charge in [-0.15, -0.1) is 0 Å². The molecule has 0 rings (SSSR count). The third kappa shape index (κ3) is 10.9. The van der Waals surface area contributed by atoms with E-state index in [0.29, 0.717) is 24.8 Å². The van der Waals surface area contributed by atoms with Gasteiger partial charge in [-0.2, -0.15) is 11.8 Å². The minimum atomic E-state index is 0.163. The molecule has 3 N–H and O–H groups in total. The van der Waals surface area contributed by atoms with Crippen molar-refractivity contribution in [3.05, 3.63) is 0 Å². The number of nitrogens with two attached hydrogens (primary N) is 1. The van der Waals surface area contributed by atoms with E-state index in [2.05, 4.69) is 25.4 Å². The summed E-state index contributed by atoms with van der Waals surface area (Å²) in [6.45, 7) is 5.77. The van der Waals surface area contributed by atoms with Crippen molar-refractivity contribution in [1.29, 1.82) is 0 Å². The van der Waals surface area contributed by atoms with E-state index in [9.17, 15) is 4.79 Å². The molecule has 0 spiro atoms. The number of carbonyl (C=O) groups is 1. The second-order valence-electron chi connectivity index (χ2n) is 5.34. The zero-order chi connectivity index (χ0) is 13.8. The molecule has 0 aliphatic heterocycles. The van der Waals surface area contributed by atoms with Gasteiger partial charge in [-0.3, -0.25) is 4.79 Å². The van der Waals surface area contributed by atoms with Crippen LogP contribution in [0.5, 0.6) is 0 Å². The number of rotatable bonds is 11. The van der Waals surface area contributed by atoms with E-state index >= 15 is 0 Å². The van der Waals surface area contributed by atoms with Crippen molar-refractivity contribution < 1.29 is 4.79 Å². The lowest BCUT2D eigenvalue weighted by Gasteiger charge is -2.16. The summed E-state index contributed by atoms with van der Waals surface area (Å²) in [5.74, 6) is 2.33. The van der Waals surface area contributed by atoms with Gasteiger partial charge in [0.15, 0.2) is 0 Å². The molecule has 108 valence electrons. The van der Waals surface area contributed by atoms with Crippen LogP contribution in [0.4, 0.5) is 0 Å². The number of thioether (sulfide) groups is 1. The Morgan fingerprint density at radius 2 is 2.00 bits per heavy atom. The SMILES string of the molecule is CSCCCCCNC(=O)C[C@@H](CN)CC(C)C. The van der Waals surface area contributed by atoms with Crippen molar-refractivity contribution in [2.45, 2.75) is 46.0 Å². The molecule has 0 saturated carbocycles. The van der Waals surface area contributed by atoms with Crippen molar-refractivity contribution in [2.75, 3.05) is 25.1 Å². The smallest absolute Gasteiger partial charge is 0.220 e. The monoisotopic (exact) mass is 274 g/mol. The van der Waals surface area contributed by atoms with Crippen molar-refractivity contribution in [3.8, 4) is 0 Å². The normalized spacial score (nSPS) is 12.7. The summed E-state index contributed by atoms with van der Waals surface area (Å²) in [5.41, 5.74) is 5.70. The zero-order valence-corrected chi connectivity index (χ0v) is 13.0. The first kappa shape index (κ1) is 17.8. The van der Waals surface area contributed by atoms with Crippen molar-refractivity contribution in [3.63, 3.8) is 0 Å². The molecule has 0 aromatic rings. The van der Waals surface area contributed by atoms with E-state index in [1.165, 1.54) is 18.6 Å². The summed E-state index contributed by atoms with van der Waals surface area (Å²) in [7, 11) is 0. The van der Waals surface area contributed by atoms with Gasteiger partial charge in [0, 0.05) is 13.0 Å². The summed E-state index contributed by atoms with van der Waals surface area (Å²) in [6, 6.07) is 0. The predicted octanol–water partition coefficient (Wildman–Crippen LogP) is 2.65. The fraction of sp³-hybridized carbons (Fsp3) is 0.929. The van der Waals surface area contributed by atoms with Crippen molar-refractivity contribution in [1.82, 2.24) is 5.32 Å². The molecule has 4 heteroatoms. The maximum Gasteiger partial charge on any atom is 0.220 e. The van der Waals surface area contributed by atoms with Gasteiger partial charge in [-0.25, -0.2) is 0 Å². The van der Waals surface area contributed by atoms with E-state index in [1.54, 1.807) is 0 Å². The Morgan fingerprint density at radius 3 is 2.56 bits per heavy atom. The molecule has 0 heterocycles. The summed E-state index contributed by atoms with van der Waals surface area (Å²) in [5, 5.41) is 3.00. The van der Waals surface area contributed by atoms with Crippen LogP contribution in [0.3, 0.4) is 0 Å². The van der Waals surface area contributed by atoms with Gasteiger partial charge in [0.2, 0.25) is 5.91 Å². The van der Waals surface area contributed by atoms with E-state index in [-0.39, 0.29) is 5.91 Å². The third-order valence-corrected chi connectivity index (χ3v) is 3.66. The van der Waals surface area contributed by atoms with Gasteiger partial charge in [0.05, 0.1) is 0 Å². The van der Waals surface area contributed by atoms with Crippen molar-refractivity contribution >= 4 is 17.7 Å². The minimum Gasteiger partial charge on any atom is -0.356 e. The second kappa shape index (κ2) is 11.8. The number of carbonyl (C=O) groups excluding carboxylic acids is 1. The summed E-state index contributed by atoms with van der Waals surface area (Å²) < 4.78 is 0. The third-order valence-electron chi connectivity index (χ3n) is 2.96. The molecule has 0 aromatic carbocycles. The number of unbranched alkanes of at least 4 members (excludes halogenated alkanes) is 2. The molecule has 3 nitrogen and oxygen atoms in total. The fourth-order valence-corrected chi connectivity index (χ4v) is 2.53. The van der Waals surface area contributed by atoms with Gasteiger partial charge in [-0.1, -0.05) is 20.3 Å². The molecule has 0 aliphatic rings. The van der Waals surface area contributed by atoms with Crippen LogP contribution in [0, 0.1) is 11.8 Å². The molecule has 0 radical (unpaired) electrons. The van der Waals surface area contributed by atoms with Crippen LogP contribution in [0.1, 0.15) is 46.0 Å². The molecule has 0 aliphatic carbocycles. The van der Waals surface area contributed by atoms with Crippen LogP contribution in [0.2, 0.25) is 0 Å². The maximum atomic E-state index is 11.7. The van der Waals surface area contributed by atoms with E-state index < -0.39 is 0 Å². The highest BCUT2D eigenvalue weighted by atomic mass is 32.2. The molecule has 0 bridgehead atoms. The van der Waals surface area contributed by atoms with Crippen LogP contribution < -0.4 is 11.1 Å². The number of hydrogen-bond donors (Lipinski definition) is 2. The standard InChI is InChI=1S/C14H30N2OS/c1-12(2)9-13(11-15)10-14(17)16-7-5-4-6-8-18-3/h12-13H,4-11,15H2,1-3H3,(H,16,17)/t13-/m0/s1. The highest BCUT2D eigenvalue weighted by Gasteiger charge is 2.13. The largest absolute Gasteiger partial charge is 0.356 e. The molecule has 1 atom stereocenters. The van der Waals surface area contributed by atoms with E-state index in [1.807, 2.05) is 11.8 Å². The quantitative estimate of drug-likeness (QED) is 0.570. The molecule has 0 fully saturated rings. The highest BCUT2D eigenvalue weighted by Crippen LogP contribution is 2.13. The molecule has 0 aromatic heterocycles. The summed E-state index contributed by atoms with van der Waals surface area (Å²) in [6.07, 6.45) is 7.29. The lowest BCUT2D eigenvalue weighted by atomic mass is 9.94. The molecule has 1 amide bonds. The summed E-state index contributed by atoms with van der Waals surface area (Å²) >= 11 is 1.88. The average molecular weight is 274 g/mol. The van der Waals surface area contributed by atoms with Crippen LogP contribution in [0.15, 0.2) is 0 Å².